The summed E-state index contributed by atoms with van der Waals surface area (Å²) in [6.07, 6.45) is 2.47. The van der Waals surface area contributed by atoms with Gasteiger partial charge in [-0.2, -0.15) is 0 Å². The van der Waals surface area contributed by atoms with Gasteiger partial charge in [-0.3, -0.25) is 14.9 Å². The molecule has 0 unspecified atom stereocenters. The van der Waals surface area contributed by atoms with Crippen LogP contribution >= 0.6 is 0 Å². The maximum absolute atomic E-state index is 12.3. The first-order chi connectivity index (χ1) is 13.1. The molecular weight excluding hydrogens is 388 g/mol. The zero-order chi connectivity index (χ0) is 21.1. The molecule has 0 atom stereocenters. The van der Waals surface area contributed by atoms with Gasteiger partial charge in [0.1, 0.15) is 5.75 Å². The largest absolute Gasteiger partial charge is 0.865 e. The first-order valence-corrected chi connectivity index (χ1v) is 9.30. The van der Waals surface area contributed by atoms with Crippen molar-refractivity contribution in [3.63, 3.8) is 0 Å². The molecule has 148 valence electrons. The van der Waals surface area contributed by atoms with E-state index in [1.807, 2.05) is 0 Å². The molecule has 0 aliphatic carbocycles. The Labute approximate surface area is 161 Å². The molecule has 0 aliphatic rings. The molecule has 0 fully saturated rings. The van der Waals surface area contributed by atoms with Crippen LogP contribution in [0.15, 0.2) is 47.4 Å². The van der Waals surface area contributed by atoms with Crippen LogP contribution in [0.4, 0.5) is 5.69 Å². The van der Waals surface area contributed by atoms with Crippen LogP contribution in [0.25, 0.3) is 6.08 Å². The monoisotopic (exact) mass is 405 g/mol. The smallest absolute Gasteiger partial charge is 0.266 e. The maximum Gasteiger partial charge on any atom is 0.266 e. The number of ketones is 1. The van der Waals surface area contributed by atoms with E-state index in [4.69, 9.17) is 4.74 Å². The van der Waals surface area contributed by atoms with E-state index in [0.717, 1.165) is 10.4 Å². The molecular formula is C18H17N2O7S-. The summed E-state index contributed by atoms with van der Waals surface area (Å²) in [4.78, 5) is 22.5. The molecule has 0 saturated carbocycles. The first-order valence-electron chi connectivity index (χ1n) is 7.86. The highest BCUT2D eigenvalue weighted by atomic mass is 32.2. The van der Waals surface area contributed by atoms with Crippen LogP contribution in [-0.2, 0) is 10.0 Å². The molecule has 2 aromatic rings. The number of carbonyl (C=O) groups excluding carboxylic acids is 1. The van der Waals surface area contributed by atoms with Crippen LogP contribution in [0.5, 0.6) is 11.5 Å². The van der Waals surface area contributed by atoms with Gasteiger partial charge in [0.25, 0.3) is 5.69 Å². The maximum atomic E-state index is 12.3. The number of sulfonamides is 1. The Morgan fingerprint density at radius 1 is 1.18 bits per heavy atom. The van der Waals surface area contributed by atoms with Gasteiger partial charge in [-0.1, -0.05) is 6.08 Å². The average Bonchev–Trinajstić information content (AvgIpc) is 2.66. The van der Waals surface area contributed by atoms with E-state index < -0.39 is 32.2 Å². The van der Waals surface area contributed by atoms with Gasteiger partial charge in [0.15, 0.2) is 5.78 Å². The molecule has 0 radical (unpaired) electrons. The molecule has 2 aromatic carbocycles. The Balaban J connectivity index is 2.29. The van der Waals surface area contributed by atoms with Gasteiger partial charge in [0.2, 0.25) is 10.0 Å². The molecule has 0 aromatic heterocycles. The second-order valence-corrected chi connectivity index (χ2v) is 7.99. The van der Waals surface area contributed by atoms with Crippen molar-refractivity contribution in [2.75, 3.05) is 21.2 Å². The molecule has 0 heterocycles. The summed E-state index contributed by atoms with van der Waals surface area (Å²) in [6, 6.07) is 7.69. The van der Waals surface area contributed by atoms with Crippen molar-refractivity contribution in [1.29, 1.82) is 0 Å². The summed E-state index contributed by atoms with van der Waals surface area (Å²) >= 11 is 0. The molecule has 0 N–H and O–H groups in total. The number of allylic oxidation sites excluding steroid dienone is 1. The van der Waals surface area contributed by atoms with Crippen LogP contribution in [0.3, 0.4) is 0 Å². The fourth-order valence-corrected chi connectivity index (χ4v) is 3.16. The zero-order valence-electron chi connectivity index (χ0n) is 15.3. The normalized spacial score (nSPS) is 11.7. The number of nitrogens with zero attached hydrogens (tertiary/aromatic N) is 2. The lowest BCUT2D eigenvalue weighted by atomic mass is 10.1. The highest BCUT2D eigenvalue weighted by Crippen LogP contribution is 2.34. The lowest BCUT2D eigenvalue weighted by Crippen LogP contribution is -2.22. The number of nitro benzene ring substituents is 1. The fraction of sp³-hybridized carbons (Fsp3) is 0.167. The molecule has 0 spiro atoms. The molecule has 2 rings (SSSR count). The third-order valence-electron chi connectivity index (χ3n) is 3.82. The van der Waals surface area contributed by atoms with Crippen LogP contribution < -0.4 is 9.84 Å². The molecule has 10 heteroatoms. The second-order valence-electron chi connectivity index (χ2n) is 5.84. The van der Waals surface area contributed by atoms with E-state index in [0.29, 0.717) is 0 Å². The summed E-state index contributed by atoms with van der Waals surface area (Å²) in [5.41, 5.74) is -0.191. The summed E-state index contributed by atoms with van der Waals surface area (Å²) < 4.78 is 30.0. The van der Waals surface area contributed by atoms with Crippen LogP contribution in [-0.4, -0.2) is 44.6 Å². The average molecular weight is 405 g/mol. The Kier molecular flexibility index (Phi) is 6.16. The van der Waals surface area contributed by atoms with E-state index in [1.165, 1.54) is 63.7 Å². The molecule has 9 nitrogen and oxygen atoms in total. The fourth-order valence-electron chi connectivity index (χ4n) is 2.26. The Bertz CT molecular complexity index is 1040. The lowest BCUT2D eigenvalue weighted by molar-refractivity contribution is -0.398. The lowest BCUT2D eigenvalue weighted by Gasteiger charge is -2.13. The van der Waals surface area contributed by atoms with Gasteiger partial charge < -0.3 is 9.84 Å². The Hall–Kier alpha value is -3.24. The second kappa shape index (κ2) is 8.19. The van der Waals surface area contributed by atoms with Crippen LogP contribution in [0.1, 0.15) is 15.9 Å². The van der Waals surface area contributed by atoms with E-state index in [2.05, 4.69) is 0 Å². The topological polar surface area (TPSA) is 130 Å². The van der Waals surface area contributed by atoms with Gasteiger partial charge >= 0.3 is 0 Å². The van der Waals surface area contributed by atoms with E-state index >= 15 is 0 Å². The molecule has 0 bridgehead atoms. The van der Waals surface area contributed by atoms with Crippen molar-refractivity contribution in [3.05, 3.63) is 63.7 Å². The van der Waals surface area contributed by atoms with Crippen LogP contribution in [0.2, 0.25) is 0 Å². The minimum Gasteiger partial charge on any atom is -0.865 e. The SMILES string of the molecule is COc1cc(/C=C/C(=O)c2ccc(S(=O)(=O)N(C)C)cc2)cc([N+](=O)[O-])c1[O-]. The van der Waals surface area contributed by atoms with E-state index in [9.17, 15) is 28.4 Å². The summed E-state index contributed by atoms with van der Waals surface area (Å²) in [6.45, 7) is 0. The number of hydrogen-bond donors (Lipinski definition) is 0. The van der Waals surface area contributed by atoms with Gasteiger partial charge in [-0.15, -0.1) is 0 Å². The van der Waals surface area contributed by atoms with Gasteiger partial charge in [-0.05, 0) is 42.0 Å². The Morgan fingerprint density at radius 2 is 1.79 bits per heavy atom. The summed E-state index contributed by atoms with van der Waals surface area (Å²) in [5.74, 6) is -1.50. The number of benzene rings is 2. The number of rotatable bonds is 7. The zero-order valence-corrected chi connectivity index (χ0v) is 16.1. The predicted molar refractivity (Wildman–Crippen MR) is 99.8 cm³/mol. The molecule has 0 amide bonds. The van der Waals surface area contributed by atoms with E-state index in [1.54, 1.807) is 0 Å². The molecule has 28 heavy (non-hydrogen) atoms. The van der Waals surface area contributed by atoms with Crippen molar-refractivity contribution in [3.8, 4) is 11.5 Å². The van der Waals surface area contributed by atoms with Gasteiger partial charge in [0.05, 0.1) is 16.9 Å². The van der Waals surface area contributed by atoms with Crippen molar-refractivity contribution in [1.82, 2.24) is 4.31 Å². The van der Waals surface area contributed by atoms with Crippen molar-refractivity contribution in [2.45, 2.75) is 4.90 Å². The predicted octanol–water partition coefficient (Wildman–Crippen LogP) is 1.82. The highest BCUT2D eigenvalue weighted by molar-refractivity contribution is 7.89. The Morgan fingerprint density at radius 3 is 2.29 bits per heavy atom. The highest BCUT2D eigenvalue weighted by Gasteiger charge is 2.17. The van der Waals surface area contributed by atoms with Crippen molar-refractivity contribution >= 4 is 27.6 Å². The van der Waals surface area contributed by atoms with Crippen LogP contribution in [0, 0.1) is 10.1 Å². The van der Waals surface area contributed by atoms with Gasteiger partial charge in [0, 0.05) is 31.5 Å². The van der Waals surface area contributed by atoms with E-state index in [-0.39, 0.29) is 21.8 Å². The minimum absolute atomic E-state index is 0.0458. The van der Waals surface area contributed by atoms with Crippen molar-refractivity contribution in [2.24, 2.45) is 0 Å². The quantitative estimate of drug-likeness (QED) is 0.297. The number of hydrogen-bond acceptors (Lipinski definition) is 7. The minimum atomic E-state index is -3.60. The first kappa shape index (κ1) is 21.1. The van der Waals surface area contributed by atoms with Crippen molar-refractivity contribution < 1.29 is 28.0 Å². The number of methoxy groups -OCH3 is 1. The molecule has 0 saturated heterocycles. The third-order valence-corrected chi connectivity index (χ3v) is 5.65. The number of carbonyl (C=O) groups is 1. The number of nitro groups is 1. The summed E-state index contributed by atoms with van der Waals surface area (Å²) in [7, 11) is 0.409. The van der Waals surface area contributed by atoms with Gasteiger partial charge in [-0.25, -0.2) is 12.7 Å². The molecule has 0 aliphatic heterocycles. The third kappa shape index (κ3) is 4.35. The number of ether oxygens (including phenoxy) is 1. The summed E-state index contributed by atoms with van der Waals surface area (Å²) in [5, 5.41) is 22.8. The standard InChI is InChI=1S/C18H18N2O7S/c1-19(2)28(25,26)14-7-5-13(6-8-14)16(21)9-4-12-10-15(20(23)24)18(22)17(11-12)27-3/h4-11,22H,1-3H3/p-1/b9-4+.